The molecule has 4 nitrogen and oxygen atoms in total. The largest absolute Gasteiger partial charge is 0.357 e. The van der Waals surface area contributed by atoms with Gasteiger partial charge in [-0.2, -0.15) is 0 Å². The Morgan fingerprint density at radius 2 is 1.74 bits per heavy atom. The molecule has 5 heteroatoms. The first-order chi connectivity index (χ1) is 12.8. The molecule has 3 rings (SSSR count). The number of guanidine groups is 1. The van der Waals surface area contributed by atoms with Crippen LogP contribution in [0.15, 0.2) is 71.9 Å². The summed E-state index contributed by atoms with van der Waals surface area (Å²) < 4.78 is 0. The van der Waals surface area contributed by atoms with Crippen LogP contribution in [0.3, 0.4) is 0 Å². The molecule has 3 aromatic rings. The summed E-state index contributed by atoms with van der Waals surface area (Å²) in [6, 6.07) is 21.1. The second kappa shape index (κ2) is 11.5. The number of aromatic nitrogens is 1. The average molecular weight is 474 g/mol. The highest BCUT2D eigenvalue weighted by atomic mass is 127. The van der Waals surface area contributed by atoms with Gasteiger partial charge in [0.05, 0.1) is 0 Å². The van der Waals surface area contributed by atoms with E-state index in [1.54, 1.807) is 0 Å². The third kappa shape index (κ3) is 6.82. The molecule has 0 bridgehead atoms. The number of fused-ring (bicyclic) bond motifs is 1. The Balaban J connectivity index is 0.00000261. The number of benzene rings is 2. The second-order valence-electron chi connectivity index (χ2n) is 6.19. The lowest BCUT2D eigenvalue weighted by molar-refractivity contribution is 0.794. The zero-order valence-electron chi connectivity index (χ0n) is 15.7. The first-order valence-corrected chi connectivity index (χ1v) is 9.25. The van der Waals surface area contributed by atoms with Crippen molar-refractivity contribution in [2.24, 2.45) is 4.99 Å². The van der Waals surface area contributed by atoms with Gasteiger partial charge >= 0.3 is 0 Å². The van der Waals surface area contributed by atoms with Crippen LogP contribution in [-0.2, 0) is 12.8 Å². The molecular formula is C22H27IN4. The van der Waals surface area contributed by atoms with Crippen molar-refractivity contribution in [1.29, 1.82) is 0 Å². The van der Waals surface area contributed by atoms with E-state index in [-0.39, 0.29) is 24.0 Å². The number of hydrogen-bond donors (Lipinski definition) is 2. The lowest BCUT2D eigenvalue weighted by atomic mass is 10.1. The molecule has 0 atom stereocenters. The molecule has 27 heavy (non-hydrogen) atoms. The summed E-state index contributed by atoms with van der Waals surface area (Å²) in [6.07, 6.45) is 3.64. The molecular weight excluding hydrogens is 447 g/mol. The van der Waals surface area contributed by atoms with Gasteiger partial charge in [-0.1, -0.05) is 48.5 Å². The van der Waals surface area contributed by atoms with Crippen LogP contribution in [0.5, 0.6) is 0 Å². The first-order valence-electron chi connectivity index (χ1n) is 9.25. The Bertz CT molecular complexity index is 849. The highest BCUT2D eigenvalue weighted by Gasteiger charge is 2.00. The van der Waals surface area contributed by atoms with Crippen LogP contribution in [0.1, 0.15) is 18.2 Å². The maximum Gasteiger partial charge on any atom is 0.191 e. The van der Waals surface area contributed by atoms with Crippen LogP contribution in [0.2, 0.25) is 0 Å². The number of halogens is 1. The molecule has 0 aliphatic heterocycles. The van der Waals surface area contributed by atoms with Gasteiger partial charge in [0.15, 0.2) is 5.96 Å². The minimum atomic E-state index is 0. The predicted octanol–water partition coefficient (Wildman–Crippen LogP) is 4.19. The van der Waals surface area contributed by atoms with Crippen LogP contribution >= 0.6 is 24.0 Å². The number of nitrogens with zero attached hydrogens (tertiary/aromatic N) is 2. The van der Waals surface area contributed by atoms with Gasteiger partial charge in [0, 0.05) is 37.9 Å². The summed E-state index contributed by atoms with van der Waals surface area (Å²) in [5, 5.41) is 9.30. The van der Waals surface area contributed by atoms with Gasteiger partial charge in [-0.3, -0.25) is 9.98 Å². The minimum absolute atomic E-state index is 0. The van der Waals surface area contributed by atoms with Gasteiger partial charge in [0.2, 0.25) is 0 Å². The zero-order chi connectivity index (χ0) is 18.0. The van der Waals surface area contributed by atoms with Crippen molar-refractivity contribution in [2.45, 2.75) is 19.8 Å². The van der Waals surface area contributed by atoms with Crippen molar-refractivity contribution >= 4 is 40.7 Å². The van der Waals surface area contributed by atoms with Gasteiger partial charge in [-0.25, -0.2) is 0 Å². The molecule has 1 heterocycles. The Hall–Kier alpha value is -2.15. The minimum Gasteiger partial charge on any atom is -0.357 e. The summed E-state index contributed by atoms with van der Waals surface area (Å²) in [6.45, 7) is 4.51. The molecule has 0 fully saturated rings. The number of pyridine rings is 1. The molecule has 0 spiro atoms. The molecule has 0 saturated carbocycles. The first kappa shape index (κ1) is 21.2. The molecule has 0 unspecified atom stereocenters. The average Bonchev–Trinajstić information content (AvgIpc) is 2.69. The van der Waals surface area contributed by atoms with Crippen molar-refractivity contribution in [3.05, 3.63) is 78.1 Å². The monoisotopic (exact) mass is 474 g/mol. The van der Waals surface area contributed by atoms with Crippen LogP contribution in [-0.4, -0.2) is 30.6 Å². The van der Waals surface area contributed by atoms with Gasteiger partial charge in [0.25, 0.3) is 0 Å². The molecule has 0 aliphatic rings. The fourth-order valence-electron chi connectivity index (χ4n) is 2.89. The molecule has 2 N–H and O–H groups in total. The highest BCUT2D eigenvalue weighted by Crippen LogP contribution is 2.15. The predicted molar refractivity (Wildman–Crippen MR) is 125 cm³/mol. The SMILES string of the molecule is CCNC(=NCCc1ccccn1)NCCc1ccc2ccccc2c1.I. The quantitative estimate of drug-likeness (QED) is 0.307. The van der Waals surface area contributed by atoms with Crippen LogP contribution in [0, 0.1) is 0 Å². The van der Waals surface area contributed by atoms with Crippen molar-refractivity contribution in [1.82, 2.24) is 15.6 Å². The fraction of sp³-hybridized carbons (Fsp3) is 0.273. The maximum absolute atomic E-state index is 4.64. The third-order valence-corrected chi connectivity index (χ3v) is 4.23. The summed E-state index contributed by atoms with van der Waals surface area (Å²) in [5.41, 5.74) is 2.41. The third-order valence-electron chi connectivity index (χ3n) is 4.23. The normalized spacial score (nSPS) is 11.1. The van der Waals surface area contributed by atoms with Crippen LogP contribution in [0.25, 0.3) is 10.8 Å². The number of hydrogen-bond acceptors (Lipinski definition) is 2. The van der Waals surface area contributed by atoms with Gasteiger partial charge in [0.1, 0.15) is 0 Å². The van der Waals surface area contributed by atoms with Crippen molar-refractivity contribution in [2.75, 3.05) is 19.6 Å². The van der Waals surface area contributed by atoms with E-state index in [4.69, 9.17) is 0 Å². The smallest absolute Gasteiger partial charge is 0.191 e. The summed E-state index contributed by atoms with van der Waals surface area (Å²) in [5.74, 6) is 0.865. The Morgan fingerprint density at radius 1 is 0.926 bits per heavy atom. The van der Waals surface area contributed by atoms with Gasteiger partial charge < -0.3 is 10.6 Å². The molecule has 1 aromatic heterocycles. The Kier molecular flexibility index (Phi) is 9.04. The second-order valence-corrected chi connectivity index (χ2v) is 6.19. The van der Waals surface area contributed by atoms with Crippen molar-refractivity contribution in [3.8, 4) is 0 Å². The maximum atomic E-state index is 4.64. The molecule has 0 radical (unpaired) electrons. The number of nitrogens with one attached hydrogen (secondary N) is 2. The Morgan fingerprint density at radius 3 is 2.52 bits per heavy atom. The fourth-order valence-corrected chi connectivity index (χ4v) is 2.89. The van der Waals surface area contributed by atoms with E-state index in [1.165, 1.54) is 16.3 Å². The summed E-state index contributed by atoms with van der Waals surface area (Å²) in [4.78, 5) is 8.98. The molecule has 0 amide bonds. The van der Waals surface area contributed by atoms with E-state index in [1.807, 2.05) is 24.4 Å². The van der Waals surface area contributed by atoms with E-state index in [9.17, 15) is 0 Å². The summed E-state index contributed by atoms with van der Waals surface area (Å²) >= 11 is 0. The molecule has 0 saturated heterocycles. The molecule has 2 aromatic carbocycles. The lowest BCUT2D eigenvalue weighted by Gasteiger charge is -2.11. The van der Waals surface area contributed by atoms with E-state index in [2.05, 4.69) is 70.0 Å². The topological polar surface area (TPSA) is 49.3 Å². The van der Waals surface area contributed by atoms with Gasteiger partial charge in [-0.15, -0.1) is 24.0 Å². The van der Waals surface area contributed by atoms with Crippen molar-refractivity contribution in [3.63, 3.8) is 0 Å². The standard InChI is InChI=1S/C22H26N4.HI/c1-2-23-22(26-16-13-21-9-5-6-14-24-21)25-15-12-18-10-11-19-7-3-4-8-20(19)17-18;/h3-11,14,17H,2,12-13,15-16H2,1H3,(H2,23,25,26);1H. The summed E-state index contributed by atoms with van der Waals surface area (Å²) in [7, 11) is 0. The van der Waals surface area contributed by atoms with E-state index in [0.29, 0.717) is 0 Å². The highest BCUT2D eigenvalue weighted by molar-refractivity contribution is 14.0. The van der Waals surface area contributed by atoms with Crippen LogP contribution < -0.4 is 10.6 Å². The number of rotatable bonds is 7. The Labute approximate surface area is 178 Å². The molecule has 142 valence electrons. The van der Waals surface area contributed by atoms with E-state index < -0.39 is 0 Å². The van der Waals surface area contributed by atoms with Crippen molar-refractivity contribution < 1.29 is 0 Å². The lowest BCUT2D eigenvalue weighted by Crippen LogP contribution is -2.38. The zero-order valence-corrected chi connectivity index (χ0v) is 18.0. The van der Waals surface area contributed by atoms with Gasteiger partial charge in [-0.05, 0) is 41.8 Å². The van der Waals surface area contributed by atoms with E-state index >= 15 is 0 Å². The van der Waals surface area contributed by atoms with E-state index in [0.717, 1.165) is 44.1 Å². The number of aliphatic imine (C=N–C) groups is 1. The molecule has 0 aliphatic carbocycles. The van der Waals surface area contributed by atoms with Crippen LogP contribution in [0.4, 0.5) is 0 Å².